The molecule has 1 aliphatic heterocycles. The van der Waals surface area contributed by atoms with Gasteiger partial charge in [0.25, 0.3) is 0 Å². The molecule has 1 aromatic carbocycles. The smallest absolute Gasteiger partial charge is 0.0761 e. The second kappa shape index (κ2) is 6.08. The van der Waals surface area contributed by atoms with Crippen molar-refractivity contribution in [1.82, 2.24) is 9.88 Å². The van der Waals surface area contributed by atoms with E-state index < -0.39 is 0 Å². The van der Waals surface area contributed by atoms with Gasteiger partial charge in [-0.2, -0.15) is 0 Å². The fourth-order valence-electron chi connectivity index (χ4n) is 3.00. The number of hydrogen-bond acceptors (Lipinski definition) is 3. The summed E-state index contributed by atoms with van der Waals surface area (Å²) in [6.45, 7) is 3.09. The van der Waals surface area contributed by atoms with Gasteiger partial charge in [0, 0.05) is 41.9 Å². The summed E-state index contributed by atoms with van der Waals surface area (Å²) in [5.74, 6) is 0.394. The van der Waals surface area contributed by atoms with Crippen molar-refractivity contribution in [3.63, 3.8) is 0 Å². The molecule has 20 heavy (non-hydrogen) atoms. The highest BCUT2D eigenvalue weighted by molar-refractivity contribution is 6.32. The van der Waals surface area contributed by atoms with E-state index in [-0.39, 0.29) is 6.61 Å². The van der Waals surface area contributed by atoms with Crippen molar-refractivity contribution >= 4 is 22.5 Å². The van der Waals surface area contributed by atoms with Crippen molar-refractivity contribution in [2.45, 2.75) is 19.4 Å². The Morgan fingerprint density at radius 1 is 1.35 bits per heavy atom. The Labute approximate surface area is 124 Å². The van der Waals surface area contributed by atoms with Gasteiger partial charge in [-0.15, -0.1) is 0 Å². The largest absolute Gasteiger partial charge is 0.396 e. The third-order valence-electron chi connectivity index (χ3n) is 4.07. The topological polar surface area (TPSA) is 36.4 Å². The SMILES string of the molecule is OCC1CCCN(Cc2c(Cl)ccc3cccnc23)C1. The normalized spacial score (nSPS) is 20.4. The molecule has 106 valence electrons. The van der Waals surface area contributed by atoms with Gasteiger partial charge in [-0.05, 0) is 37.4 Å². The second-order valence-corrected chi connectivity index (χ2v) is 5.93. The number of piperidine rings is 1. The van der Waals surface area contributed by atoms with Crippen molar-refractivity contribution < 1.29 is 5.11 Å². The van der Waals surface area contributed by atoms with Gasteiger partial charge in [0.2, 0.25) is 0 Å². The third-order valence-corrected chi connectivity index (χ3v) is 4.42. The first-order valence-corrected chi connectivity index (χ1v) is 7.51. The highest BCUT2D eigenvalue weighted by atomic mass is 35.5. The summed E-state index contributed by atoms with van der Waals surface area (Å²) in [4.78, 5) is 6.86. The Morgan fingerprint density at radius 2 is 2.25 bits per heavy atom. The van der Waals surface area contributed by atoms with Gasteiger partial charge in [-0.3, -0.25) is 9.88 Å². The predicted octanol–water partition coefficient (Wildman–Crippen LogP) is 3.09. The van der Waals surface area contributed by atoms with E-state index in [4.69, 9.17) is 11.6 Å². The van der Waals surface area contributed by atoms with Gasteiger partial charge in [-0.1, -0.05) is 23.7 Å². The summed E-state index contributed by atoms with van der Waals surface area (Å²) in [5.41, 5.74) is 2.09. The summed E-state index contributed by atoms with van der Waals surface area (Å²) in [6, 6.07) is 7.98. The standard InChI is InChI=1S/C16H19ClN2O/c17-15-6-5-13-4-1-7-18-16(13)14(15)10-19-8-2-3-12(9-19)11-20/h1,4-7,12,20H,2-3,8-11H2. The van der Waals surface area contributed by atoms with Gasteiger partial charge < -0.3 is 5.11 Å². The number of halogens is 1. The molecule has 0 amide bonds. The zero-order chi connectivity index (χ0) is 13.9. The molecule has 0 saturated carbocycles. The van der Waals surface area contributed by atoms with Gasteiger partial charge in [0.05, 0.1) is 5.52 Å². The van der Waals surface area contributed by atoms with Crippen LogP contribution in [-0.2, 0) is 6.54 Å². The van der Waals surface area contributed by atoms with E-state index in [1.807, 2.05) is 24.4 Å². The van der Waals surface area contributed by atoms with E-state index in [1.54, 1.807) is 0 Å². The molecule has 2 aromatic rings. The summed E-state index contributed by atoms with van der Waals surface area (Å²) >= 11 is 6.38. The number of pyridine rings is 1. The minimum absolute atomic E-state index is 0.276. The monoisotopic (exact) mass is 290 g/mol. The van der Waals surface area contributed by atoms with Crippen LogP contribution in [0.5, 0.6) is 0 Å². The first-order valence-electron chi connectivity index (χ1n) is 7.13. The van der Waals surface area contributed by atoms with Crippen LogP contribution in [0.1, 0.15) is 18.4 Å². The quantitative estimate of drug-likeness (QED) is 0.944. The van der Waals surface area contributed by atoms with Crippen LogP contribution in [0.4, 0.5) is 0 Å². The number of nitrogens with zero attached hydrogens (tertiary/aromatic N) is 2. The minimum atomic E-state index is 0.276. The van der Waals surface area contributed by atoms with Crippen LogP contribution in [0, 0.1) is 5.92 Å². The van der Waals surface area contributed by atoms with E-state index in [1.165, 1.54) is 0 Å². The van der Waals surface area contributed by atoms with Crippen molar-refractivity contribution in [2.75, 3.05) is 19.7 Å². The molecule has 4 heteroatoms. The molecule has 0 aliphatic carbocycles. The number of fused-ring (bicyclic) bond motifs is 1. The summed E-state index contributed by atoms with van der Waals surface area (Å²) in [7, 11) is 0. The van der Waals surface area contributed by atoms with Crippen molar-refractivity contribution in [2.24, 2.45) is 5.92 Å². The lowest BCUT2D eigenvalue weighted by molar-refractivity contribution is 0.116. The van der Waals surface area contributed by atoms with Crippen LogP contribution in [-0.4, -0.2) is 34.7 Å². The lowest BCUT2D eigenvalue weighted by Gasteiger charge is -2.32. The molecule has 1 unspecified atom stereocenters. The Hall–Kier alpha value is -1.16. The lowest BCUT2D eigenvalue weighted by atomic mass is 9.98. The van der Waals surface area contributed by atoms with Gasteiger partial charge in [0.1, 0.15) is 0 Å². The number of aliphatic hydroxyl groups is 1. The van der Waals surface area contributed by atoms with Crippen LogP contribution in [0.3, 0.4) is 0 Å². The molecular weight excluding hydrogens is 272 g/mol. The van der Waals surface area contributed by atoms with Crippen LogP contribution in [0.25, 0.3) is 10.9 Å². The average molecular weight is 291 g/mol. The molecule has 3 nitrogen and oxygen atoms in total. The second-order valence-electron chi connectivity index (χ2n) is 5.53. The molecule has 0 spiro atoms. The molecule has 3 rings (SSSR count). The summed E-state index contributed by atoms with van der Waals surface area (Å²) in [5, 5.41) is 11.2. The first kappa shape index (κ1) is 13.8. The van der Waals surface area contributed by atoms with Crippen LogP contribution >= 0.6 is 11.6 Å². The molecule has 0 radical (unpaired) electrons. The maximum absolute atomic E-state index is 9.34. The zero-order valence-electron chi connectivity index (χ0n) is 11.4. The highest BCUT2D eigenvalue weighted by Gasteiger charge is 2.20. The van der Waals surface area contributed by atoms with Crippen molar-refractivity contribution in [3.8, 4) is 0 Å². The molecule has 0 bridgehead atoms. The minimum Gasteiger partial charge on any atom is -0.396 e. The Kier molecular flexibility index (Phi) is 4.20. The van der Waals surface area contributed by atoms with Gasteiger partial charge >= 0.3 is 0 Å². The molecule has 1 fully saturated rings. The molecule has 2 heterocycles. The maximum atomic E-state index is 9.34. The van der Waals surface area contributed by atoms with Crippen LogP contribution in [0.2, 0.25) is 5.02 Å². The van der Waals surface area contributed by atoms with Crippen LogP contribution < -0.4 is 0 Å². The van der Waals surface area contributed by atoms with E-state index in [0.717, 1.165) is 54.0 Å². The molecule has 1 aliphatic rings. The van der Waals surface area contributed by atoms with Crippen molar-refractivity contribution in [3.05, 3.63) is 41.0 Å². The Morgan fingerprint density at radius 3 is 3.10 bits per heavy atom. The number of aromatic nitrogens is 1. The number of benzene rings is 1. The number of rotatable bonds is 3. The Bertz CT molecular complexity index is 602. The molecule has 1 saturated heterocycles. The predicted molar refractivity (Wildman–Crippen MR) is 81.8 cm³/mol. The molecular formula is C16H19ClN2O. The average Bonchev–Trinajstić information content (AvgIpc) is 2.50. The number of aliphatic hydroxyl groups excluding tert-OH is 1. The van der Waals surface area contributed by atoms with E-state index in [9.17, 15) is 5.11 Å². The summed E-state index contributed by atoms with van der Waals surface area (Å²) < 4.78 is 0. The van der Waals surface area contributed by atoms with Crippen LogP contribution in [0.15, 0.2) is 30.5 Å². The lowest BCUT2D eigenvalue weighted by Crippen LogP contribution is -2.36. The van der Waals surface area contributed by atoms with Crippen molar-refractivity contribution in [1.29, 1.82) is 0 Å². The fraction of sp³-hybridized carbons (Fsp3) is 0.438. The fourth-order valence-corrected chi connectivity index (χ4v) is 3.21. The Balaban J connectivity index is 1.88. The third kappa shape index (κ3) is 2.80. The number of hydrogen-bond donors (Lipinski definition) is 1. The maximum Gasteiger partial charge on any atom is 0.0761 e. The molecule has 1 aromatic heterocycles. The van der Waals surface area contributed by atoms with E-state index in [2.05, 4.69) is 16.0 Å². The first-order chi connectivity index (χ1) is 9.78. The van der Waals surface area contributed by atoms with Gasteiger partial charge in [-0.25, -0.2) is 0 Å². The number of likely N-dealkylation sites (tertiary alicyclic amines) is 1. The van der Waals surface area contributed by atoms with E-state index >= 15 is 0 Å². The highest BCUT2D eigenvalue weighted by Crippen LogP contribution is 2.27. The van der Waals surface area contributed by atoms with E-state index in [0.29, 0.717) is 5.92 Å². The summed E-state index contributed by atoms with van der Waals surface area (Å²) in [6.07, 6.45) is 4.07. The zero-order valence-corrected chi connectivity index (χ0v) is 12.2. The molecule has 1 atom stereocenters. The molecule has 1 N–H and O–H groups in total. The van der Waals surface area contributed by atoms with Gasteiger partial charge in [0.15, 0.2) is 0 Å².